The van der Waals surface area contributed by atoms with Gasteiger partial charge in [-0.2, -0.15) is 0 Å². The van der Waals surface area contributed by atoms with Gasteiger partial charge in [0.2, 0.25) is 0 Å². The second-order valence-corrected chi connectivity index (χ2v) is 8.66. The number of benzene rings is 3. The molecule has 30 heavy (non-hydrogen) atoms. The Hall–Kier alpha value is -2.94. The molecule has 0 bridgehead atoms. The van der Waals surface area contributed by atoms with E-state index in [4.69, 9.17) is 16.2 Å². The number of hydrogen-bond donors (Lipinski definition) is 2. The van der Waals surface area contributed by atoms with Crippen LogP contribution in [0.15, 0.2) is 66.7 Å². The van der Waals surface area contributed by atoms with E-state index < -0.39 is 0 Å². The molecule has 0 aliphatic heterocycles. The zero-order valence-electron chi connectivity index (χ0n) is 17.8. The molecule has 0 unspecified atom stereocenters. The fraction of sp³-hybridized carbons (Fsp3) is 0.333. The monoisotopic (exact) mass is 400 g/mol. The molecular weight excluding hydrogens is 368 g/mol. The Morgan fingerprint density at radius 2 is 1.43 bits per heavy atom. The Morgan fingerprint density at radius 3 is 2.07 bits per heavy atom. The second-order valence-electron chi connectivity index (χ2n) is 8.66. The van der Waals surface area contributed by atoms with E-state index in [2.05, 4.69) is 43.3 Å². The Kier molecular flexibility index (Phi) is 6.27. The van der Waals surface area contributed by atoms with E-state index in [9.17, 15) is 0 Å². The summed E-state index contributed by atoms with van der Waals surface area (Å²) in [6.45, 7) is 2.96. The maximum absolute atomic E-state index is 6.01. The van der Waals surface area contributed by atoms with Crippen molar-refractivity contribution in [1.82, 2.24) is 0 Å². The number of hydrogen-bond acceptors (Lipinski definition) is 3. The lowest BCUT2D eigenvalue weighted by Crippen LogP contribution is -2.10. The number of ether oxygens (including phenoxy) is 1. The molecule has 156 valence electrons. The van der Waals surface area contributed by atoms with Gasteiger partial charge in [-0.15, -0.1) is 0 Å². The highest BCUT2D eigenvalue weighted by molar-refractivity contribution is 5.64. The molecule has 3 nitrogen and oxygen atoms in total. The van der Waals surface area contributed by atoms with Crippen molar-refractivity contribution in [2.75, 3.05) is 18.1 Å². The molecule has 1 saturated carbocycles. The van der Waals surface area contributed by atoms with E-state index in [1.165, 1.54) is 42.4 Å². The average molecular weight is 401 g/mol. The maximum atomic E-state index is 6.01. The minimum atomic E-state index is 0.585. The van der Waals surface area contributed by atoms with Gasteiger partial charge in [0, 0.05) is 17.8 Å². The van der Waals surface area contributed by atoms with Crippen molar-refractivity contribution < 1.29 is 4.74 Å². The smallest absolute Gasteiger partial charge is 0.119 e. The van der Waals surface area contributed by atoms with Crippen molar-refractivity contribution in [3.05, 3.63) is 77.9 Å². The summed E-state index contributed by atoms with van der Waals surface area (Å²) in [5.74, 6) is 2.51. The van der Waals surface area contributed by atoms with E-state index in [0.29, 0.717) is 12.3 Å². The molecule has 0 radical (unpaired) electrons. The number of anilines is 2. The fourth-order valence-corrected chi connectivity index (χ4v) is 4.40. The van der Waals surface area contributed by atoms with E-state index in [1.807, 2.05) is 24.3 Å². The van der Waals surface area contributed by atoms with Crippen LogP contribution in [-0.2, 0) is 6.42 Å². The first-order valence-corrected chi connectivity index (χ1v) is 11.1. The third kappa shape index (κ3) is 4.96. The van der Waals surface area contributed by atoms with Gasteiger partial charge < -0.3 is 16.2 Å². The summed E-state index contributed by atoms with van der Waals surface area (Å²) in [5.41, 5.74) is 18.2. The zero-order chi connectivity index (χ0) is 20.9. The zero-order valence-corrected chi connectivity index (χ0v) is 17.8. The van der Waals surface area contributed by atoms with Gasteiger partial charge in [0.15, 0.2) is 0 Å². The van der Waals surface area contributed by atoms with Gasteiger partial charge >= 0.3 is 0 Å². The third-order valence-corrected chi connectivity index (χ3v) is 6.40. The Labute approximate surface area is 180 Å². The van der Waals surface area contributed by atoms with Gasteiger partial charge in [-0.1, -0.05) is 62.2 Å². The molecule has 3 aromatic carbocycles. The van der Waals surface area contributed by atoms with Crippen molar-refractivity contribution in [2.45, 2.75) is 44.9 Å². The fourth-order valence-electron chi connectivity index (χ4n) is 4.40. The molecule has 4 N–H and O–H groups in total. The lowest BCUT2D eigenvalue weighted by Gasteiger charge is -2.26. The molecule has 1 aliphatic rings. The quantitative estimate of drug-likeness (QED) is 0.468. The second kappa shape index (κ2) is 9.25. The summed E-state index contributed by atoms with van der Waals surface area (Å²) in [6.07, 6.45) is 6.13. The summed E-state index contributed by atoms with van der Waals surface area (Å²) < 4.78 is 5.91. The Bertz CT molecular complexity index is 955. The van der Waals surface area contributed by atoms with Gasteiger partial charge in [0.1, 0.15) is 5.75 Å². The molecule has 0 amide bonds. The first-order valence-electron chi connectivity index (χ1n) is 11.1. The van der Waals surface area contributed by atoms with Crippen molar-refractivity contribution in [3.8, 4) is 16.9 Å². The largest absolute Gasteiger partial charge is 0.493 e. The summed E-state index contributed by atoms with van der Waals surface area (Å²) in [5, 5.41) is 0. The van der Waals surface area contributed by atoms with Crippen molar-refractivity contribution in [1.29, 1.82) is 0 Å². The first kappa shape index (κ1) is 20.3. The predicted octanol–water partition coefficient (Wildman–Crippen LogP) is 6.43. The number of rotatable bonds is 6. The minimum absolute atomic E-state index is 0.585. The van der Waals surface area contributed by atoms with Gasteiger partial charge in [-0.25, -0.2) is 0 Å². The summed E-state index contributed by atoms with van der Waals surface area (Å²) in [7, 11) is 0. The average Bonchev–Trinajstić information content (AvgIpc) is 2.76. The van der Waals surface area contributed by atoms with Crippen LogP contribution in [0.25, 0.3) is 11.1 Å². The number of nitrogen functional groups attached to an aromatic ring is 2. The molecule has 3 heteroatoms. The normalized spacial score (nSPS) is 18.8. The van der Waals surface area contributed by atoms with Crippen LogP contribution >= 0.6 is 0 Å². The van der Waals surface area contributed by atoms with Crippen LogP contribution in [0.5, 0.6) is 5.75 Å². The van der Waals surface area contributed by atoms with E-state index in [-0.39, 0.29) is 0 Å². The third-order valence-electron chi connectivity index (χ3n) is 6.40. The molecule has 0 spiro atoms. The molecule has 0 atom stereocenters. The molecule has 0 heterocycles. The van der Waals surface area contributed by atoms with Gasteiger partial charge in [-0.05, 0) is 71.2 Å². The number of nitrogens with two attached hydrogens (primary N) is 2. The van der Waals surface area contributed by atoms with Crippen molar-refractivity contribution in [3.63, 3.8) is 0 Å². The maximum Gasteiger partial charge on any atom is 0.119 e. The molecule has 1 fully saturated rings. The van der Waals surface area contributed by atoms with Gasteiger partial charge in [-0.3, -0.25) is 0 Å². The highest BCUT2D eigenvalue weighted by Crippen LogP contribution is 2.36. The topological polar surface area (TPSA) is 61.3 Å². The molecule has 4 rings (SSSR count). The van der Waals surface area contributed by atoms with Crippen molar-refractivity contribution >= 4 is 11.4 Å². The highest BCUT2D eigenvalue weighted by Gasteiger charge is 2.19. The van der Waals surface area contributed by atoms with Crippen molar-refractivity contribution in [2.24, 2.45) is 5.92 Å². The molecule has 0 saturated heterocycles. The van der Waals surface area contributed by atoms with E-state index >= 15 is 0 Å². The van der Waals surface area contributed by atoms with Crippen LogP contribution in [0.2, 0.25) is 0 Å². The minimum Gasteiger partial charge on any atom is -0.493 e. The van der Waals surface area contributed by atoms with Gasteiger partial charge in [0.05, 0.1) is 6.61 Å². The van der Waals surface area contributed by atoms with Crippen LogP contribution < -0.4 is 16.2 Å². The van der Waals surface area contributed by atoms with E-state index in [0.717, 1.165) is 35.3 Å². The molecule has 1 aliphatic carbocycles. The van der Waals surface area contributed by atoms with Crippen LogP contribution in [0.4, 0.5) is 11.4 Å². The lowest BCUT2D eigenvalue weighted by molar-refractivity contribution is 0.322. The predicted molar refractivity (Wildman–Crippen MR) is 127 cm³/mol. The summed E-state index contributed by atoms with van der Waals surface area (Å²) in [4.78, 5) is 0. The van der Waals surface area contributed by atoms with Crippen LogP contribution in [0.3, 0.4) is 0 Å². The summed E-state index contributed by atoms with van der Waals surface area (Å²) in [6, 6.07) is 23.1. The van der Waals surface area contributed by atoms with Gasteiger partial charge in [0.25, 0.3) is 0 Å². The molecule has 0 aromatic heterocycles. The Balaban J connectivity index is 1.33. The standard InChI is InChI=1S/C27H32N2O/c1-19-2-4-20(5-3-19)21-6-8-22(9-7-21)23-11-14-26(15-12-23)30-17-16-24-10-13-25(28)18-27(24)29/h6-15,18-20H,2-5,16-17,28-29H2,1H3. The van der Waals surface area contributed by atoms with Crippen LogP contribution in [-0.4, -0.2) is 6.61 Å². The molecule has 3 aromatic rings. The Morgan fingerprint density at radius 1 is 0.800 bits per heavy atom. The van der Waals surface area contributed by atoms with E-state index in [1.54, 1.807) is 6.07 Å². The first-order chi connectivity index (χ1) is 14.6. The van der Waals surface area contributed by atoms with Crippen LogP contribution in [0.1, 0.15) is 49.7 Å². The summed E-state index contributed by atoms with van der Waals surface area (Å²) >= 11 is 0. The van der Waals surface area contributed by atoms with Crippen LogP contribution in [0, 0.1) is 5.92 Å². The molecular formula is C27H32N2O. The lowest BCUT2D eigenvalue weighted by atomic mass is 9.79. The highest BCUT2D eigenvalue weighted by atomic mass is 16.5. The SMILES string of the molecule is CC1CCC(c2ccc(-c3ccc(OCCc4ccc(N)cc4N)cc3)cc2)CC1.